The second kappa shape index (κ2) is 5.46. The highest BCUT2D eigenvalue weighted by Gasteiger charge is 2.33. The van der Waals surface area contributed by atoms with Gasteiger partial charge in [0.15, 0.2) is 0 Å². The number of hydrogen-bond donors (Lipinski definition) is 3. The SMILES string of the molecule is NC(=O)NC(=O)CN1CCCC1C1CCCN1. The van der Waals surface area contributed by atoms with Gasteiger partial charge in [-0.05, 0) is 38.8 Å². The lowest BCUT2D eigenvalue weighted by Crippen LogP contribution is -2.49. The zero-order valence-electron chi connectivity index (χ0n) is 9.95. The fraction of sp³-hybridized carbons (Fsp3) is 0.818. The Kier molecular flexibility index (Phi) is 3.96. The lowest BCUT2D eigenvalue weighted by atomic mass is 10.0. The first kappa shape index (κ1) is 12.3. The molecule has 2 saturated heterocycles. The highest BCUT2D eigenvalue weighted by Crippen LogP contribution is 2.24. The molecule has 0 spiro atoms. The second-order valence-electron chi connectivity index (χ2n) is 4.80. The van der Waals surface area contributed by atoms with Gasteiger partial charge in [-0.25, -0.2) is 4.79 Å². The van der Waals surface area contributed by atoms with E-state index in [9.17, 15) is 9.59 Å². The summed E-state index contributed by atoms with van der Waals surface area (Å²) in [4.78, 5) is 24.2. The van der Waals surface area contributed by atoms with Gasteiger partial charge in [-0.1, -0.05) is 0 Å². The Morgan fingerprint density at radius 1 is 1.35 bits per heavy atom. The van der Waals surface area contributed by atoms with E-state index in [1.54, 1.807) is 0 Å². The summed E-state index contributed by atoms with van der Waals surface area (Å²) in [6, 6.07) is 0.153. The number of likely N-dealkylation sites (tertiary alicyclic amines) is 1. The van der Waals surface area contributed by atoms with Crippen LogP contribution in [0, 0.1) is 0 Å². The molecule has 0 radical (unpaired) electrons. The highest BCUT2D eigenvalue weighted by molar-refractivity contribution is 5.94. The highest BCUT2D eigenvalue weighted by atomic mass is 16.2. The minimum Gasteiger partial charge on any atom is -0.351 e. The van der Waals surface area contributed by atoms with Crippen molar-refractivity contribution >= 4 is 11.9 Å². The van der Waals surface area contributed by atoms with E-state index in [4.69, 9.17) is 5.73 Å². The van der Waals surface area contributed by atoms with E-state index in [2.05, 4.69) is 15.5 Å². The predicted octanol–water partition coefficient (Wildman–Crippen LogP) is -0.602. The second-order valence-corrected chi connectivity index (χ2v) is 4.80. The summed E-state index contributed by atoms with van der Waals surface area (Å²) in [7, 11) is 0. The number of imide groups is 1. The van der Waals surface area contributed by atoms with Crippen molar-refractivity contribution in [3.05, 3.63) is 0 Å². The van der Waals surface area contributed by atoms with Crippen LogP contribution in [0.2, 0.25) is 0 Å². The Labute approximate surface area is 101 Å². The molecular weight excluding hydrogens is 220 g/mol. The molecule has 4 N–H and O–H groups in total. The Bertz CT molecular complexity index is 302. The van der Waals surface area contributed by atoms with Gasteiger partial charge in [0.25, 0.3) is 0 Å². The summed E-state index contributed by atoms with van der Waals surface area (Å²) in [5.41, 5.74) is 4.92. The van der Waals surface area contributed by atoms with E-state index >= 15 is 0 Å². The molecule has 2 fully saturated rings. The van der Waals surface area contributed by atoms with Crippen molar-refractivity contribution in [1.29, 1.82) is 0 Å². The molecule has 6 heteroatoms. The van der Waals surface area contributed by atoms with Crippen LogP contribution in [0.5, 0.6) is 0 Å². The topological polar surface area (TPSA) is 87.5 Å². The van der Waals surface area contributed by atoms with Gasteiger partial charge in [0.1, 0.15) is 0 Å². The lowest BCUT2D eigenvalue weighted by molar-refractivity contribution is -0.121. The van der Waals surface area contributed by atoms with Gasteiger partial charge in [0, 0.05) is 12.1 Å². The maximum absolute atomic E-state index is 11.5. The monoisotopic (exact) mass is 240 g/mol. The van der Waals surface area contributed by atoms with Crippen LogP contribution in [0.15, 0.2) is 0 Å². The molecule has 0 aromatic rings. The van der Waals surface area contributed by atoms with Crippen molar-refractivity contribution in [2.75, 3.05) is 19.6 Å². The molecule has 96 valence electrons. The zero-order valence-corrected chi connectivity index (χ0v) is 9.95. The zero-order chi connectivity index (χ0) is 12.3. The Morgan fingerprint density at radius 3 is 2.82 bits per heavy atom. The fourth-order valence-corrected chi connectivity index (χ4v) is 2.91. The van der Waals surface area contributed by atoms with Crippen molar-refractivity contribution in [2.45, 2.75) is 37.8 Å². The maximum Gasteiger partial charge on any atom is 0.318 e. The molecule has 0 aliphatic carbocycles. The van der Waals surface area contributed by atoms with Gasteiger partial charge >= 0.3 is 6.03 Å². The molecular formula is C11H20N4O2. The first-order valence-electron chi connectivity index (χ1n) is 6.23. The Morgan fingerprint density at radius 2 is 2.18 bits per heavy atom. The summed E-state index contributed by atoms with van der Waals surface area (Å²) in [6.07, 6.45) is 4.63. The smallest absolute Gasteiger partial charge is 0.318 e. The average molecular weight is 240 g/mol. The van der Waals surface area contributed by atoms with Crippen LogP contribution >= 0.6 is 0 Å². The quantitative estimate of drug-likeness (QED) is 0.614. The first-order chi connectivity index (χ1) is 8.16. The lowest BCUT2D eigenvalue weighted by Gasteiger charge is -2.28. The number of nitrogens with two attached hydrogens (primary N) is 1. The number of rotatable bonds is 3. The summed E-state index contributed by atoms with van der Waals surface area (Å²) < 4.78 is 0. The summed E-state index contributed by atoms with van der Waals surface area (Å²) in [5.74, 6) is -0.303. The Balaban J connectivity index is 1.86. The number of nitrogens with one attached hydrogen (secondary N) is 2. The predicted molar refractivity (Wildman–Crippen MR) is 63.3 cm³/mol. The van der Waals surface area contributed by atoms with Crippen LogP contribution in [0.3, 0.4) is 0 Å². The molecule has 2 heterocycles. The van der Waals surface area contributed by atoms with Crippen LogP contribution in [0.1, 0.15) is 25.7 Å². The number of hydrogen-bond acceptors (Lipinski definition) is 4. The molecule has 0 saturated carbocycles. The molecule has 2 unspecified atom stereocenters. The summed E-state index contributed by atoms with van der Waals surface area (Å²) in [5, 5.41) is 5.60. The third-order valence-electron chi connectivity index (χ3n) is 3.59. The van der Waals surface area contributed by atoms with E-state index in [1.165, 1.54) is 12.8 Å². The minimum absolute atomic E-state index is 0.270. The molecule has 2 aliphatic rings. The van der Waals surface area contributed by atoms with Gasteiger partial charge in [-0.2, -0.15) is 0 Å². The summed E-state index contributed by atoms with van der Waals surface area (Å²) in [6.45, 7) is 2.27. The molecule has 0 aromatic carbocycles. The average Bonchev–Trinajstić information content (AvgIpc) is 2.84. The van der Waals surface area contributed by atoms with E-state index in [0.717, 1.165) is 25.9 Å². The number of nitrogens with zero attached hydrogens (tertiary/aromatic N) is 1. The number of primary amides is 1. The molecule has 17 heavy (non-hydrogen) atoms. The van der Waals surface area contributed by atoms with E-state index in [1.807, 2.05) is 0 Å². The molecule has 2 rings (SSSR count). The number of amides is 3. The van der Waals surface area contributed by atoms with Gasteiger partial charge in [0.05, 0.1) is 6.54 Å². The van der Waals surface area contributed by atoms with Crippen molar-refractivity contribution in [3.8, 4) is 0 Å². The number of urea groups is 1. The number of carbonyl (C=O) groups excluding carboxylic acids is 2. The van der Waals surface area contributed by atoms with E-state index in [0.29, 0.717) is 12.1 Å². The van der Waals surface area contributed by atoms with Gasteiger partial charge in [0.2, 0.25) is 5.91 Å². The van der Waals surface area contributed by atoms with E-state index in [-0.39, 0.29) is 12.5 Å². The molecule has 3 amide bonds. The fourth-order valence-electron chi connectivity index (χ4n) is 2.91. The van der Waals surface area contributed by atoms with Gasteiger partial charge in [-0.15, -0.1) is 0 Å². The van der Waals surface area contributed by atoms with Gasteiger partial charge in [-0.3, -0.25) is 15.0 Å². The van der Waals surface area contributed by atoms with Crippen molar-refractivity contribution in [1.82, 2.24) is 15.5 Å². The third kappa shape index (κ3) is 3.17. The molecule has 0 bridgehead atoms. The van der Waals surface area contributed by atoms with Crippen molar-refractivity contribution < 1.29 is 9.59 Å². The normalized spacial score (nSPS) is 29.4. The molecule has 2 atom stereocenters. The van der Waals surface area contributed by atoms with Crippen LogP contribution in [0.25, 0.3) is 0 Å². The standard InChI is InChI=1S/C11H20N4O2/c12-11(17)14-10(16)7-15-6-2-4-9(15)8-3-1-5-13-8/h8-9,13H,1-7H2,(H3,12,14,16,17). The van der Waals surface area contributed by atoms with E-state index < -0.39 is 6.03 Å². The van der Waals surface area contributed by atoms with Crippen molar-refractivity contribution in [2.24, 2.45) is 5.73 Å². The van der Waals surface area contributed by atoms with Crippen molar-refractivity contribution in [3.63, 3.8) is 0 Å². The summed E-state index contributed by atoms with van der Waals surface area (Å²) >= 11 is 0. The molecule has 2 aliphatic heterocycles. The van der Waals surface area contributed by atoms with Crippen LogP contribution < -0.4 is 16.4 Å². The minimum atomic E-state index is -0.773. The molecule has 6 nitrogen and oxygen atoms in total. The Hall–Kier alpha value is -1.14. The molecule has 0 aromatic heterocycles. The maximum atomic E-state index is 11.5. The van der Waals surface area contributed by atoms with Gasteiger partial charge < -0.3 is 11.1 Å². The number of carbonyl (C=O) groups is 2. The van der Waals surface area contributed by atoms with Crippen LogP contribution in [-0.4, -0.2) is 48.6 Å². The third-order valence-corrected chi connectivity index (χ3v) is 3.59. The van der Waals surface area contributed by atoms with Crippen LogP contribution in [0.4, 0.5) is 4.79 Å². The first-order valence-corrected chi connectivity index (χ1v) is 6.23. The van der Waals surface area contributed by atoms with Crippen LogP contribution in [-0.2, 0) is 4.79 Å². The largest absolute Gasteiger partial charge is 0.351 e.